The summed E-state index contributed by atoms with van der Waals surface area (Å²) < 4.78 is 10.8. The second kappa shape index (κ2) is 9.39. The van der Waals surface area contributed by atoms with E-state index in [0.29, 0.717) is 12.4 Å². The van der Waals surface area contributed by atoms with E-state index < -0.39 is 0 Å². The van der Waals surface area contributed by atoms with Crippen molar-refractivity contribution in [3.05, 3.63) is 48.2 Å². The SMILES string of the molecule is CCCNC(=NC)NCc1ccc(Oc2ccc(OC)cc2)nc1. The Balaban J connectivity index is 1.87. The molecular formula is C18H24N4O2. The number of aliphatic imine (C=N–C) groups is 1. The molecular weight excluding hydrogens is 304 g/mol. The molecule has 24 heavy (non-hydrogen) atoms. The van der Waals surface area contributed by atoms with Gasteiger partial charge in [0.15, 0.2) is 5.96 Å². The zero-order valence-corrected chi connectivity index (χ0v) is 14.4. The van der Waals surface area contributed by atoms with Gasteiger partial charge in [0.1, 0.15) is 11.5 Å². The monoisotopic (exact) mass is 328 g/mol. The van der Waals surface area contributed by atoms with Crippen LogP contribution in [0.5, 0.6) is 17.4 Å². The highest BCUT2D eigenvalue weighted by atomic mass is 16.5. The Labute approximate surface area is 142 Å². The van der Waals surface area contributed by atoms with E-state index in [1.807, 2.05) is 36.4 Å². The predicted octanol–water partition coefficient (Wildman–Crippen LogP) is 2.96. The minimum Gasteiger partial charge on any atom is -0.497 e. The van der Waals surface area contributed by atoms with Crippen LogP contribution in [0, 0.1) is 0 Å². The summed E-state index contributed by atoms with van der Waals surface area (Å²) in [7, 11) is 3.39. The van der Waals surface area contributed by atoms with Crippen molar-refractivity contribution >= 4 is 5.96 Å². The topological polar surface area (TPSA) is 67.8 Å². The Morgan fingerprint density at radius 2 is 1.83 bits per heavy atom. The molecule has 6 nitrogen and oxygen atoms in total. The Kier molecular flexibility index (Phi) is 6.89. The van der Waals surface area contributed by atoms with Crippen molar-refractivity contribution in [1.82, 2.24) is 15.6 Å². The molecule has 1 aromatic heterocycles. The van der Waals surface area contributed by atoms with E-state index in [9.17, 15) is 0 Å². The largest absolute Gasteiger partial charge is 0.497 e. The third-order valence-corrected chi connectivity index (χ3v) is 3.31. The molecule has 0 fully saturated rings. The molecule has 0 bridgehead atoms. The van der Waals surface area contributed by atoms with Gasteiger partial charge in [0.05, 0.1) is 7.11 Å². The zero-order chi connectivity index (χ0) is 17.2. The number of hydrogen-bond acceptors (Lipinski definition) is 4. The van der Waals surface area contributed by atoms with Crippen LogP contribution < -0.4 is 20.1 Å². The summed E-state index contributed by atoms with van der Waals surface area (Å²) in [6.45, 7) is 3.66. The van der Waals surface area contributed by atoms with Gasteiger partial charge in [-0.2, -0.15) is 0 Å². The van der Waals surface area contributed by atoms with Crippen LogP contribution in [0.15, 0.2) is 47.6 Å². The summed E-state index contributed by atoms with van der Waals surface area (Å²) in [5.41, 5.74) is 1.05. The zero-order valence-electron chi connectivity index (χ0n) is 14.4. The molecule has 0 saturated heterocycles. The lowest BCUT2D eigenvalue weighted by atomic mass is 10.3. The van der Waals surface area contributed by atoms with E-state index in [-0.39, 0.29) is 0 Å². The molecule has 0 aliphatic carbocycles. The first-order valence-corrected chi connectivity index (χ1v) is 7.96. The lowest BCUT2D eigenvalue weighted by Gasteiger charge is -2.11. The molecule has 0 amide bonds. The first-order chi connectivity index (χ1) is 11.7. The van der Waals surface area contributed by atoms with Gasteiger partial charge < -0.3 is 20.1 Å². The van der Waals surface area contributed by atoms with E-state index in [0.717, 1.165) is 36.0 Å². The molecule has 0 atom stereocenters. The van der Waals surface area contributed by atoms with Gasteiger partial charge in [-0.05, 0) is 36.2 Å². The minimum atomic E-state index is 0.553. The van der Waals surface area contributed by atoms with E-state index in [1.54, 1.807) is 20.4 Å². The maximum absolute atomic E-state index is 5.71. The number of nitrogens with zero attached hydrogens (tertiary/aromatic N) is 2. The van der Waals surface area contributed by atoms with Crippen LogP contribution in [-0.4, -0.2) is 31.6 Å². The lowest BCUT2D eigenvalue weighted by molar-refractivity contribution is 0.412. The Bertz CT molecular complexity index is 639. The van der Waals surface area contributed by atoms with Gasteiger partial charge in [0, 0.05) is 32.4 Å². The van der Waals surface area contributed by atoms with Crippen LogP contribution in [0.2, 0.25) is 0 Å². The molecule has 6 heteroatoms. The molecule has 2 rings (SSSR count). The van der Waals surface area contributed by atoms with Crippen molar-refractivity contribution in [3.63, 3.8) is 0 Å². The smallest absolute Gasteiger partial charge is 0.219 e. The van der Waals surface area contributed by atoms with Crippen molar-refractivity contribution in [2.75, 3.05) is 20.7 Å². The van der Waals surface area contributed by atoms with Crippen LogP contribution in [0.25, 0.3) is 0 Å². The summed E-state index contributed by atoms with van der Waals surface area (Å²) >= 11 is 0. The molecule has 0 saturated carbocycles. The van der Waals surface area contributed by atoms with Crippen molar-refractivity contribution < 1.29 is 9.47 Å². The van der Waals surface area contributed by atoms with Crippen molar-refractivity contribution in [2.24, 2.45) is 4.99 Å². The van der Waals surface area contributed by atoms with Crippen molar-refractivity contribution in [1.29, 1.82) is 0 Å². The number of methoxy groups -OCH3 is 1. The second-order valence-corrected chi connectivity index (χ2v) is 5.13. The highest BCUT2D eigenvalue weighted by Gasteiger charge is 2.01. The third kappa shape index (κ3) is 5.46. The third-order valence-electron chi connectivity index (χ3n) is 3.31. The van der Waals surface area contributed by atoms with Gasteiger partial charge in [0.25, 0.3) is 0 Å². The fourth-order valence-electron chi connectivity index (χ4n) is 1.99. The number of nitrogens with one attached hydrogen (secondary N) is 2. The molecule has 1 aromatic carbocycles. The summed E-state index contributed by atoms with van der Waals surface area (Å²) in [5, 5.41) is 6.47. The van der Waals surface area contributed by atoms with Gasteiger partial charge in [-0.15, -0.1) is 0 Å². The number of rotatable bonds is 7. The van der Waals surface area contributed by atoms with Gasteiger partial charge in [-0.25, -0.2) is 4.98 Å². The minimum absolute atomic E-state index is 0.553. The maximum atomic E-state index is 5.71. The summed E-state index contributed by atoms with van der Waals surface area (Å²) in [6.07, 6.45) is 2.85. The van der Waals surface area contributed by atoms with Gasteiger partial charge in [-0.3, -0.25) is 4.99 Å². The molecule has 2 aromatic rings. The van der Waals surface area contributed by atoms with Crippen LogP contribution in [0.4, 0.5) is 0 Å². The Morgan fingerprint density at radius 3 is 2.42 bits per heavy atom. The van der Waals surface area contributed by atoms with E-state index in [2.05, 4.69) is 27.5 Å². The predicted molar refractivity (Wildman–Crippen MR) is 95.8 cm³/mol. The quantitative estimate of drug-likeness (QED) is 0.604. The van der Waals surface area contributed by atoms with E-state index in [4.69, 9.17) is 9.47 Å². The molecule has 1 heterocycles. The van der Waals surface area contributed by atoms with E-state index >= 15 is 0 Å². The molecule has 2 N–H and O–H groups in total. The Morgan fingerprint density at radius 1 is 1.08 bits per heavy atom. The summed E-state index contributed by atoms with van der Waals surface area (Å²) in [5.74, 6) is 2.85. The fourth-order valence-corrected chi connectivity index (χ4v) is 1.99. The molecule has 0 aliphatic rings. The number of pyridine rings is 1. The number of hydrogen-bond donors (Lipinski definition) is 2. The van der Waals surface area contributed by atoms with Gasteiger partial charge in [0.2, 0.25) is 5.88 Å². The molecule has 0 spiro atoms. The maximum Gasteiger partial charge on any atom is 0.219 e. The lowest BCUT2D eigenvalue weighted by Crippen LogP contribution is -2.37. The second-order valence-electron chi connectivity index (χ2n) is 5.13. The molecule has 0 aliphatic heterocycles. The first-order valence-electron chi connectivity index (χ1n) is 7.96. The fraction of sp³-hybridized carbons (Fsp3) is 0.333. The molecule has 0 radical (unpaired) electrons. The van der Waals surface area contributed by atoms with Gasteiger partial charge in [-0.1, -0.05) is 13.0 Å². The average Bonchev–Trinajstić information content (AvgIpc) is 2.64. The van der Waals surface area contributed by atoms with Crippen LogP contribution in [-0.2, 0) is 6.54 Å². The number of guanidine groups is 1. The molecule has 0 unspecified atom stereocenters. The summed E-state index contributed by atoms with van der Waals surface area (Å²) in [6, 6.07) is 11.2. The van der Waals surface area contributed by atoms with Crippen LogP contribution >= 0.6 is 0 Å². The van der Waals surface area contributed by atoms with E-state index in [1.165, 1.54) is 0 Å². The Hall–Kier alpha value is -2.76. The van der Waals surface area contributed by atoms with Gasteiger partial charge >= 0.3 is 0 Å². The van der Waals surface area contributed by atoms with Crippen molar-refractivity contribution in [2.45, 2.75) is 19.9 Å². The highest BCUT2D eigenvalue weighted by molar-refractivity contribution is 5.79. The first kappa shape index (κ1) is 17.6. The highest BCUT2D eigenvalue weighted by Crippen LogP contribution is 2.22. The number of benzene rings is 1. The van der Waals surface area contributed by atoms with Crippen LogP contribution in [0.3, 0.4) is 0 Å². The summed E-state index contributed by atoms with van der Waals surface area (Å²) in [4.78, 5) is 8.50. The standard InChI is InChI=1S/C18H24N4O2/c1-4-11-20-18(19-2)22-13-14-5-10-17(21-12-14)24-16-8-6-15(23-3)7-9-16/h5-10,12H,4,11,13H2,1-3H3,(H2,19,20,22). The normalized spacial score (nSPS) is 11.0. The number of aromatic nitrogens is 1. The van der Waals surface area contributed by atoms with Crippen molar-refractivity contribution in [3.8, 4) is 17.4 Å². The molecule has 128 valence electrons. The van der Waals surface area contributed by atoms with Crippen LogP contribution in [0.1, 0.15) is 18.9 Å². The number of ether oxygens (including phenoxy) is 2. The average molecular weight is 328 g/mol.